The van der Waals surface area contributed by atoms with Crippen LogP contribution in [0.15, 0.2) is 36.5 Å². The molecular formula is C15H17N3O. The van der Waals surface area contributed by atoms with Gasteiger partial charge in [-0.3, -0.25) is 9.78 Å². The van der Waals surface area contributed by atoms with Crippen LogP contribution >= 0.6 is 0 Å². The number of fused-ring (bicyclic) bond motifs is 1. The second kappa shape index (κ2) is 4.97. The molecule has 1 fully saturated rings. The van der Waals surface area contributed by atoms with E-state index in [1.807, 2.05) is 42.2 Å². The van der Waals surface area contributed by atoms with Crippen molar-refractivity contribution in [2.75, 3.05) is 19.6 Å². The number of carbonyl (C=O) groups is 1. The van der Waals surface area contributed by atoms with Crippen LogP contribution in [0.5, 0.6) is 0 Å². The van der Waals surface area contributed by atoms with Crippen molar-refractivity contribution in [1.29, 1.82) is 0 Å². The average Bonchev–Trinajstić information content (AvgIpc) is 2.41. The van der Waals surface area contributed by atoms with Crippen LogP contribution in [0.25, 0.3) is 10.9 Å². The van der Waals surface area contributed by atoms with E-state index in [1.165, 1.54) is 0 Å². The summed E-state index contributed by atoms with van der Waals surface area (Å²) >= 11 is 0. The summed E-state index contributed by atoms with van der Waals surface area (Å²) in [6.45, 7) is 4.53. The van der Waals surface area contributed by atoms with Crippen LogP contribution in [0.4, 0.5) is 0 Å². The summed E-state index contributed by atoms with van der Waals surface area (Å²) < 4.78 is 0. The highest BCUT2D eigenvalue weighted by atomic mass is 16.2. The van der Waals surface area contributed by atoms with Gasteiger partial charge < -0.3 is 10.2 Å². The Bertz CT molecular complexity index is 602. The van der Waals surface area contributed by atoms with Gasteiger partial charge in [0.2, 0.25) is 0 Å². The van der Waals surface area contributed by atoms with Gasteiger partial charge in [-0.15, -0.1) is 0 Å². The highest BCUT2D eigenvalue weighted by molar-refractivity contribution is 6.05. The van der Waals surface area contributed by atoms with Crippen LogP contribution in [0.3, 0.4) is 0 Å². The molecule has 0 atom stereocenters. The van der Waals surface area contributed by atoms with Gasteiger partial charge in [0.05, 0.1) is 17.1 Å². The van der Waals surface area contributed by atoms with E-state index < -0.39 is 0 Å². The van der Waals surface area contributed by atoms with Gasteiger partial charge in [-0.25, -0.2) is 0 Å². The Hall–Kier alpha value is -1.94. The maximum Gasteiger partial charge on any atom is 0.256 e. The zero-order chi connectivity index (χ0) is 13.2. The molecule has 0 bridgehead atoms. The lowest BCUT2D eigenvalue weighted by molar-refractivity contribution is 0.0632. The number of para-hydroxylation sites is 1. The van der Waals surface area contributed by atoms with Crippen molar-refractivity contribution >= 4 is 16.8 Å². The Balaban J connectivity index is 2.00. The first-order valence-corrected chi connectivity index (χ1v) is 6.66. The standard InChI is InChI=1S/C15H17N3O/c1-2-18(12-9-16-10-12)15(19)13-7-3-5-11-6-4-8-17-14(11)13/h3-8,12,16H,2,9-10H2,1H3. The highest BCUT2D eigenvalue weighted by Crippen LogP contribution is 2.19. The molecule has 19 heavy (non-hydrogen) atoms. The quantitative estimate of drug-likeness (QED) is 0.907. The van der Waals surface area contributed by atoms with E-state index in [9.17, 15) is 4.79 Å². The second-order valence-electron chi connectivity index (χ2n) is 4.78. The summed E-state index contributed by atoms with van der Waals surface area (Å²) in [4.78, 5) is 19.0. The zero-order valence-corrected chi connectivity index (χ0v) is 11.0. The zero-order valence-electron chi connectivity index (χ0n) is 11.0. The molecule has 3 rings (SSSR count). The minimum absolute atomic E-state index is 0.0818. The number of benzene rings is 1. The Morgan fingerprint density at radius 3 is 2.84 bits per heavy atom. The lowest BCUT2D eigenvalue weighted by Gasteiger charge is -2.37. The largest absolute Gasteiger partial charge is 0.333 e. The monoisotopic (exact) mass is 255 g/mol. The van der Waals surface area contributed by atoms with Gasteiger partial charge in [0.25, 0.3) is 5.91 Å². The third-order valence-electron chi connectivity index (χ3n) is 3.67. The predicted octanol–water partition coefficient (Wildman–Crippen LogP) is 1.67. The van der Waals surface area contributed by atoms with Gasteiger partial charge in [0.1, 0.15) is 0 Å². The Kier molecular flexibility index (Phi) is 3.17. The maximum atomic E-state index is 12.7. The molecule has 4 heteroatoms. The Morgan fingerprint density at radius 1 is 1.37 bits per heavy atom. The van der Waals surface area contributed by atoms with Crippen LogP contribution in [0.2, 0.25) is 0 Å². The lowest BCUT2D eigenvalue weighted by Crippen LogP contribution is -2.58. The van der Waals surface area contributed by atoms with Crippen molar-refractivity contribution in [3.63, 3.8) is 0 Å². The highest BCUT2D eigenvalue weighted by Gasteiger charge is 2.28. The van der Waals surface area contributed by atoms with E-state index in [0.29, 0.717) is 11.6 Å². The molecule has 0 saturated carbocycles. The minimum Gasteiger partial charge on any atom is -0.333 e. The molecule has 0 aliphatic carbocycles. The molecular weight excluding hydrogens is 238 g/mol. The first-order chi connectivity index (χ1) is 9.31. The van der Waals surface area contributed by atoms with Crippen molar-refractivity contribution in [3.05, 3.63) is 42.1 Å². The smallest absolute Gasteiger partial charge is 0.256 e. The van der Waals surface area contributed by atoms with Crippen molar-refractivity contribution in [1.82, 2.24) is 15.2 Å². The van der Waals surface area contributed by atoms with Crippen LogP contribution in [0, 0.1) is 0 Å². The molecule has 2 aromatic rings. The number of amides is 1. The number of hydrogen-bond acceptors (Lipinski definition) is 3. The molecule has 1 aromatic carbocycles. The topological polar surface area (TPSA) is 45.2 Å². The summed E-state index contributed by atoms with van der Waals surface area (Å²) in [6.07, 6.45) is 1.74. The van der Waals surface area contributed by atoms with E-state index >= 15 is 0 Å². The van der Waals surface area contributed by atoms with Crippen LogP contribution in [0.1, 0.15) is 17.3 Å². The van der Waals surface area contributed by atoms with Gasteiger partial charge >= 0.3 is 0 Å². The molecule has 0 radical (unpaired) electrons. The molecule has 2 heterocycles. The number of pyridine rings is 1. The summed E-state index contributed by atoms with van der Waals surface area (Å²) in [6, 6.07) is 9.97. The third kappa shape index (κ3) is 2.08. The van der Waals surface area contributed by atoms with Crippen molar-refractivity contribution in [2.24, 2.45) is 0 Å². The number of aromatic nitrogens is 1. The summed E-state index contributed by atoms with van der Waals surface area (Å²) in [5.74, 6) is 0.0818. The first kappa shape index (κ1) is 12.1. The normalized spacial score (nSPS) is 15.2. The van der Waals surface area contributed by atoms with E-state index in [-0.39, 0.29) is 5.91 Å². The molecule has 1 aromatic heterocycles. The number of likely N-dealkylation sites (N-methyl/N-ethyl adjacent to an activating group) is 1. The predicted molar refractivity (Wildman–Crippen MR) is 75.1 cm³/mol. The number of nitrogens with zero attached hydrogens (tertiary/aromatic N) is 2. The summed E-state index contributed by atoms with van der Waals surface area (Å²) in [5.41, 5.74) is 1.49. The molecule has 1 aliphatic heterocycles. The van der Waals surface area contributed by atoms with Gasteiger partial charge in [-0.05, 0) is 19.1 Å². The number of rotatable bonds is 3. The minimum atomic E-state index is 0.0818. The van der Waals surface area contributed by atoms with Crippen molar-refractivity contribution in [3.8, 4) is 0 Å². The van der Waals surface area contributed by atoms with Gasteiger partial charge in [-0.1, -0.05) is 18.2 Å². The van der Waals surface area contributed by atoms with Gasteiger partial charge in [0.15, 0.2) is 0 Å². The lowest BCUT2D eigenvalue weighted by atomic mass is 10.1. The Labute approximate surface area is 112 Å². The molecule has 4 nitrogen and oxygen atoms in total. The van der Waals surface area contributed by atoms with Crippen molar-refractivity contribution in [2.45, 2.75) is 13.0 Å². The van der Waals surface area contributed by atoms with Gasteiger partial charge in [-0.2, -0.15) is 0 Å². The van der Waals surface area contributed by atoms with E-state index in [0.717, 1.165) is 30.5 Å². The van der Waals surface area contributed by atoms with E-state index in [4.69, 9.17) is 0 Å². The van der Waals surface area contributed by atoms with Crippen LogP contribution in [-0.4, -0.2) is 41.5 Å². The van der Waals surface area contributed by atoms with Crippen LogP contribution in [-0.2, 0) is 0 Å². The molecule has 0 spiro atoms. The molecule has 0 unspecified atom stereocenters. The molecule has 1 N–H and O–H groups in total. The molecule has 1 saturated heterocycles. The molecule has 1 amide bonds. The fourth-order valence-electron chi connectivity index (χ4n) is 2.49. The van der Waals surface area contributed by atoms with Gasteiger partial charge in [0, 0.05) is 31.2 Å². The van der Waals surface area contributed by atoms with Crippen molar-refractivity contribution < 1.29 is 4.79 Å². The van der Waals surface area contributed by atoms with E-state index in [1.54, 1.807) is 6.20 Å². The number of hydrogen-bond donors (Lipinski definition) is 1. The number of carbonyl (C=O) groups excluding carboxylic acids is 1. The molecule has 98 valence electrons. The maximum absolute atomic E-state index is 12.7. The average molecular weight is 255 g/mol. The first-order valence-electron chi connectivity index (χ1n) is 6.66. The molecule has 1 aliphatic rings. The Morgan fingerprint density at radius 2 is 2.16 bits per heavy atom. The fourth-order valence-corrected chi connectivity index (χ4v) is 2.49. The van der Waals surface area contributed by atoms with E-state index in [2.05, 4.69) is 10.3 Å². The third-order valence-corrected chi connectivity index (χ3v) is 3.67. The number of nitrogens with one attached hydrogen (secondary N) is 1. The fraction of sp³-hybridized carbons (Fsp3) is 0.333. The summed E-state index contributed by atoms with van der Waals surface area (Å²) in [7, 11) is 0. The summed E-state index contributed by atoms with van der Waals surface area (Å²) in [5, 5.41) is 4.22. The SMILES string of the molecule is CCN(C(=O)c1cccc2cccnc12)C1CNC1. The second-order valence-corrected chi connectivity index (χ2v) is 4.78. The van der Waals surface area contributed by atoms with Crippen LogP contribution < -0.4 is 5.32 Å².